The van der Waals surface area contributed by atoms with Crippen molar-refractivity contribution in [3.05, 3.63) is 71.8 Å². The van der Waals surface area contributed by atoms with E-state index in [1.165, 1.54) is 18.3 Å². The molecule has 2 aromatic carbocycles. The number of imidazole rings is 1. The molecule has 1 aliphatic rings. The van der Waals surface area contributed by atoms with Crippen molar-refractivity contribution in [3.63, 3.8) is 0 Å². The largest absolute Gasteiger partial charge is 0.491 e. The van der Waals surface area contributed by atoms with E-state index < -0.39 is 11.7 Å². The number of aromatic amines is 1. The molecular weight excluding hydrogens is 371 g/mol. The number of fused-ring (bicyclic) bond motifs is 1. The van der Waals surface area contributed by atoms with Gasteiger partial charge in [-0.1, -0.05) is 18.2 Å². The average Bonchev–Trinajstić information content (AvgIpc) is 3.13. The Balaban J connectivity index is 1.61. The van der Waals surface area contributed by atoms with Gasteiger partial charge in [0.15, 0.2) is 5.82 Å². The Morgan fingerprint density at radius 3 is 2.54 bits per heavy atom. The molecule has 4 rings (SSSR count). The van der Waals surface area contributed by atoms with Crippen molar-refractivity contribution in [1.29, 1.82) is 0 Å². The van der Waals surface area contributed by atoms with Crippen LogP contribution in [0.3, 0.4) is 0 Å². The van der Waals surface area contributed by atoms with Crippen molar-refractivity contribution < 1.29 is 22.7 Å². The van der Waals surface area contributed by atoms with Gasteiger partial charge < -0.3 is 14.6 Å². The van der Waals surface area contributed by atoms with Crippen LogP contribution in [0.15, 0.2) is 54.9 Å². The smallest absolute Gasteiger partial charge is 0.416 e. The quantitative estimate of drug-likeness (QED) is 0.719. The second kappa shape index (κ2) is 7.03. The minimum Gasteiger partial charge on any atom is -0.491 e. The van der Waals surface area contributed by atoms with Gasteiger partial charge in [0.05, 0.1) is 12.1 Å². The number of rotatable bonds is 2. The van der Waals surface area contributed by atoms with Gasteiger partial charge in [0.1, 0.15) is 12.4 Å². The normalized spacial score (nSPS) is 14.2. The summed E-state index contributed by atoms with van der Waals surface area (Å²) in [6.45, 7) is 1.08. The summed E-state index contributed by atoms with van der Waals surface area (Å²) in [5.74, 6) is 0.675. The van der Waals surface area contributed by atoms with Crippen molar-refractivity contribution in [2.45, 2.75) is 12.7 Å². The number of halogens is 3. The summed E-state index contributed by atoms with van der Waals surface area (Å²) < 4.78 is 44.0. The van der Waals surface area contributed by atoms with Crippen LogP contribution in [0.1, 0.15) is 21.7 Å². The summed E-state index contributed by atoms with van der Waals surface area (Å²) in [6, 6.07) is 10.4. The second-order valence-electron chi connectivity index (χ2n) is 6.41. The molecule has 1 amide bonds. The Morgan fingerprint density at radius 2 is 1.86 bits per heavy atom. The van der Waals surface area contributed by atoms with Crippen LogP contribution in [0.25, 0.3) is 11.1 Å². The molecule has 0 spiro atoms. The lowest BCUT2D eigenvalue weighted by atomic mass is 10.0. The van der Waals surface area contributed by atoms with Gasteiger partial charge in [-0.15, -0.1) is 0 Å². The van der Waals surface area contributed by atoms with Crippen LogP contribution in [0, 0.1) is 0 Å². The van der Waals surface area contributed by atoms with Crippen molar-refractivity contribution in [2.75, 3.05) is 13.2 Å². The molecule has 0 bridgehead atoms. The molecule has 0 aliphatic carbocycles. The number of alkyl halides is 3. The van der Waals surface area contributed by atoms with Gasteiger partial charge in [-0.2, -0.15) is 13.2 Å². The van der Waals surface area contributed by atoms with Gasteiger partial charge in [0.25, 0.3) is 5.91 Å². The summed E-state index contributed by atoms with van der Waals surface area (Å²) in [4.78, 5) is 21.0. The minimum absolute atomic E-state index is 0.235. The standard InChI is InChI=1S/C20H16F3N3O2/c21-20(22,23)16-4-1-13(2-5-16)14-3-6-17-15(11-14)12-26(9-10-28-17)19(27)18-24-7-8-25-18/h1-8,11H,9-10,12H2,(H,24,25). The van der Waals surface area contributed by atoms with Gasteiger partial charge in [0, 0.05) is 24.5 Å². The Kier molecular flexibility index (Phi) is 4.54. The summed E-state index contributed by atoms with van der Waals surface area (Å²) in [6.07, 6.45) is -1.27. The topological polar surface area (TPSA) is 58.2 Å². The molecule has 0 fully saturated rings. The molecule has 1 aromatic heterocycles. The van der Waals surface area contributed by atoms with E-state index in [2.05, 4.69) is 9.97 Å². The zero-order valence-electron chi connectivity index (χ0n) is 14.7. The summed E-state index contributed by atoms with van der Waals surface area (Å²) in [7, 11) is 0. The lowest BCUT2D eigenvalue weighted by Gasteiger charge is -2.18. The number of ether oxygens (including phenoxy) is 1. The number of H-pyrrole nitrogens is 1. The molecule has 1 aliphatic heterocycles. The fourth-order valence-electron chi connectivity index (χ4n) is 3.13. The highest BCUT2D eigenvalue weighted by Gasteiger charge is 2.30. The maximum atomic E-state index is 12.8. The van der Waals surface area contributed by atoms with Gasteiger partial charge in [0.2, 0.25) is 0 Å². The molecule has 3 aromatic rings. The van der Waals surface area contributed by atoms with Crippen LogP contribution in [-0.4, -0.2) is 33.9 Å². The predicted molar refractivity (Wildman–Crippen MR) is 95.7 cm³/mol. The maximum Gasteiger partial charge on any atom is 0.416 e. The zero-order valence-corrected chi connectivity index (χ0v) is 14.7. The van der Waals surface area contributed by atoms with Crippen molar-refractivity contribution in [3.8, 4) is 16.9 Å². The van der Waals surface area contributed by atoms with Crippen molar-refractivity contribution >= 4 is 5.91 Å². The Labute approximate surface area is 158 Å². The Morgan fingerprint density at radius 1 is 1.11 bits per heavy atom. The third-order valence-corrected chi connectivity index (χ3v) is 4.57. The number of carbonyl (C=O) groups excluding carboxylic acids is 1. The fraction of sp³-hybridized carbons (Fsp3) is 0.200. The van der Waals surface area contributed by atoms with Gasteiger partial charge in [-0.25, -0.2) is 4.98 Å². The first-order valence-corrected chi connectivity index (χ1v) is 8.64. The highest BCUT2D eigenvalue weighted by atomic mass is 19.4. The number of carbonyl (C=O) groups is 1. The monoisotopic (exact) mass is 387 g/mol. The fourth-order valence-corrected chi connectivity index (χ4v) is 3.13. The van der Waals surface area contributed by atoms with Crippen LogP contribution in [0.5, 0.6) is 5.75 Å². The van der Waals surface area contributed by atoms with Crippen LogP contribution in [0.2, 0.25) is 0 Å². The minimum atomic E-state index is -4.37. The third kappa shape index (κ3) is 3.58. The summed E-state index contributed by atoms with van der Waals surface area (Å²) in [5, 5.41) is 0. The van der Waals surface area contributed by atoms with Crippen LogP contribution in [-0.2, 0) is 12.7 Å². The molecule has 8 heteroatoms. The van der Waals surface area contributed by atoms with Gasteiger partial charge >= 0.3 is 6.18 Å². The van der Waals surface area contributed by atoms with E-state index in [0.717, 1.165) is 23.3 Å². The Hall–Kier alpha value is -3.29. The zero-order chi connectivity index (χ0) is 19.7. The number of amides is 1. The molecule has 144 valence electrons. The van der Waals surface area contributed by atoms with E-state index in [0.29, 0.717) is 31.0 Å². The predicted octanol–water partition coefficient (Wildman–Crippen LogP) is 4.13. The highest BCUT2D eigenvalue weighted by Crippen LogP contribution is 2.33. The molecule has 0 saturated carbocycles. The molecular formula is C20H16F3N3O2. The number of benzene rings is 2. The number of nitrogens with one attached hydrogen (secondary N) is 1. The molecule has 0 radical (unpaired) electrons. The Bertz CT molecular complexity index is 983. The lowest BCUT2D eigenvalue weighted by Crippen LogP contribution is -2.33. The van der Waals surface area contributed by atoms with Crippen LogP contribution < -0.4 is 4.74 Å². The summed E-state index contributed by atoms with van der Waals surface area (Å²) in [5.41, 5.74) is 1.51. The highest BCUT2D eigenvalue weighted by molar-refractivity contribution is 5.90. The molecule has 1 N–H and O–H groups in total. The van der Waals surface area contributed by atoms with Crippen LogP contribution >= 0.6 is 0 Å². The number of hydrogen-bond acceptors (Lipinski definition) is 3. The molecule has 2 heterocycles. The number of aromatic nitrogens is 2. The van der Waals surface area contributed by atoms with Crippen molar-refractivity contribution in [1.82, 2.24) is 14.9 Å². The number of nitrogens with zero attached hydrogens (tertiary/aromatic N) is 2. The SMILES string of the molecule is O=C(c1ncc[nH]1)N1CCOc2ccc(-c3ccc(C(F)(F)F)cc3)cc2C1. The van der Waals surface area contributed by atoms with E-state index in [-0.39, 0.29) is 11.7 Å². The van der Waals surface area contributed by atoms with E-state index in [4.69, 9.17) is 4.74 Å². The average molecular weight is 387 g/mol. The van der Waals surface area contributed by atoms with E-state index in [1.807, 2.05) is 6.07 Å². The molecule has 0 saturated heterocycles. The maximum absolute atomic E-state index is 12.8. The molecule has 0 unspecified atom stereocenters. The van der Waals surface area contributed by atoms with Gasteiger partial charge in [-0.05, 0) is 35.4 Å². The second-order valence-corrected chi connectivity index (χ2v) is 6.41. The summed E-state index contributed by atoms with van der Waals surface area (Å²) >= 11 is 0. The first-order chi connectivity index (χ1) is 13.4. The van der Waals surface area contributed by atoms with E-state index in [1.54, 1.807) is 23.2 Å². The van der Waals surface area contributed by atoms with Gasteiger partial charge in [-0.3, -0.25) is 4.79 Å². The molecule has 28 heavy (non-hydrogen) atoms. The molecule has 0 atom stereocenters. The first-order valence-electron chi connectivity index (χ1n) is 8.64. The lowest BCUT2D eigenvalue weighted by molar-refractivity contribution is -0.137. The molecule has 5 nitrogen and oxygen atoms in total. The van der Waals surface area contributed by atoms with E-state index >= 15 is 0 Å². The third-order valence-electron chi connectivity index (χ3n) is 4.57. The number of hydrogen-bond donors (Lipinski definition) is 1. The van der Waals surface area contributed by atoms with Crippen molar-refractivity contribution in [2.24, 2.45) is 0 Å². The van der Waals surface area contributed by atoms with Crippen LogP contribution in [0.4, 0.5) is 13.2 Å². The van der Waals surface area contributed by atoms with E-state index in [9.17, 15) is 18.0 Å². The first kappa shape index (κ1) is 18.1.